The Morgan fingerprint density at radius 1 is 1.07 bits per heavy atom. The van der Waals surface area contributed by atoms with Crippen LogP contribution < -0.4 is 0 Å². The standard InChI is InChI=1S/C23H29FN4O2/c24-17-4-5-21-19(13-17)20(15-25-21)16-6-11-26(12-7-16)8-2-10-28-22(29)14-18-3-1-9-27(18)23(28)30/h4-5,13,15-16,18,25H,1-3,6-12,14H2. The van der Waals surface area contributed by atoms with E-state index in [1.807, 2.05) is 11.1 Å². The molecule has 4 heterocycles. The topological polar surface area (TPSA) is 59.7 Å². The molecule has 3 aliphatic heterocycles. The third-order valence-corrected chi connectivity index (χ3v) is 7.12. The van der Waals surface area contributed by atoms with Crippen molar-refractivity contribution in [2.75, 3.05) is 32.7 Å². The van der Waals surface area contributed by atoms with Crippen molar-refractivity contribution in [2.45, 2.75) is 50.5 Å². The second kappa shape index (κ2) is 8.02. The number of amides is 3. The van der Waals surface area contributed by atoms with Crippen LogP contribution in [0, 0.1) is 5.82 Å². The van der Waals surface area contributed by atoms with Crippen LogP contribution in [0.25, 0.3) is 10.9 Å². The minimum absolute atomic E-state index is 0.00609. The van der Waals surface area contributed by atoms with E-state index in [9.17, 15) is 14.0 Å². The summed E-state index contributed by atoms with van der Waals surface area (Å²) < 4.78 is 13.7. The van der Waals surface area contributed by atoms with E-state index in [2.05, 4.69) is 9.88 Å². The van der Waals surface area contributed by atoms with Crippen molar-refractivity contribution in [3.05, 3.63) is 35.8 Å². The average molecular weight is 413 g/mol. The lowest BCUT2D eigenvalue weighted by molar-refractivity contribution is -0.132. The molecule has 3 amide bonds. The molecule has 3 saturated heterocycles. The van der Waals surface area contributed by atoms with Gasteiger partial charge in [-0.1, -0.05) is 0 Å². The van der Waals surface area contributed by atoms with Gasteiger partial charge in [0.15, 0.2) is 0 Å². The number of carbonyl (C=O) groups is 2. The first kappa shape index (κ1) is 19.5. The van der Waals surface area contributed by atoms with Crippen LogP contribution in [0.3, 0.4) is 0 Å². The van der Waals surface area contributed by atoms with E-state index in [-0.39, 0.29) is 23.8 Å². The van der Waals surface area contributed by atoms with Crippen LogP contribution in [0.1, 0.15) is 50.0 Å². The van der Waals surface area contributed by atoms with Crippen molar-refractivity contribution in [3.63, 3.8) is 0 Å². The number of imide groups is 1. The highest BCUT2D eigenvalue weighted by Gasteiger charge is 2.40. The van der Waals surface area contributed by atoms with Crippen LogP contribution in [0.5, 0.6) is 0 Å². The second-order valence-corrected chi connectivity index (χ2v) is 8.92. The molecular formula is C23H29FN4O2. The summed E-state index contributed by atoms with van der Waals surface area (Å²) in [6, 6.07) is 4.98. The monoisotopic (exact) mass is 412 g/mol. The Balaban J connectivity index is 1.12. The normalized spacial score (nSPS) is 23.6. The summed E-state index contributed by atoms with van der Waals surface area (Å²) >= 11 is 0. The number of urea groups is 1. The van der Waals surface area contributed by atoms with Crippen LogP contribution >= 0.6 is 0 Å². The maximum atomic E-state index is 13.7. The van der Waals surface area contributed by atoms with E-state index >= 15 is 0 Å². The molecule has 0 aliphatic carbocycles. The molecule has 1 atom stereocenters. The van der Waals surface area contributed by atoms with Gasteiger partial charge in [0.1, 0.15) is 5.82 Å². The molecule has 0 bridgehead atoms. The van der Waals surface area contributed by atoms with Gasteiger partial charge in [0.2, 0.25) is 5.91 Å². The largest absolute Gasteiger partial charge is 0.361 e. The third kappa shape index (κ3) is 3.60. The number of nitrogens with zero attached hydrogens (tertiary/aromatic N) is 3. The van der Waals surface area contributed by atoms with Crippen molar-refractivity contribution >= 4 is 22.8 Å². The van der Waals surface area contributed by atoms with Crippen LogP contribution in [-0.2, 0) is 4.79 Å². The fourth-order valence-electron chi connectivity index (χ4n) is 5.47. The summed E-state index contributed by atoms with van der Waals surface area (Å²) in [5.74, 6) is 0.241. The molecule has 160 valence electrons. The van der Waals surface area contributed by atoms with Gasteiger partial charge in [0.05, 0.1) is 0 Å². The van der Waals surface area contributed by atoms with Crippen LogP contribution in [0.4, 0.5) is 9.18 Å². The smallest absolute Gasteiger partial charge is 0.326 e. The van der Waals surface area contributed by atoms with Gasteiger partial charge < -0.3 is 14.8 Å². The number of piperidine rings is 1. The van der Waals surface area contributed by atoms with E-state index in [1.54, 1.807) is 12.1 Å². The molecule has 0 spiro atoms. The third-order valence-electron chi connectivity index (χ3n) is 7.12. The van der Waals surface area contributed by atoms with Gasteiger partial charge in [-0.2, -0.15) is 0 Å². The molecule has 30 heavy (non-hydrogen) atoms. The highest BCUT2D eigenvalue weighted by molar-refractivity contribution is 5.97. The summed E-state index contributed by atoms with van der Waals surface area (Å²) in [5.41, 5.74) is 2.21. The fourth-order valence-corrected chi connectivity index (χ4v) is 5.47. The SMILES string of the molecule is O=C1CC2CCCN2C(=O)N1CCCN1CCC(c2c[nH]c3ccc(F)cc23)CC1. The zero-order valence-corrected chi connectivity index (χ0v) is 17.3. The van der Waals surface area contributed by atoms with Gasteiger partial charge in [-0.3, -0.25) is 9.69 Å². The first-order chi connectivity index (χ1) is 14.6. The van der Waals surface area contributed by atoms with Gasteiger partial charge in [-0.25, -0.2) is 9.18 Å². The zero-order chi connectivity index (χ0) is 20.7. The highest BCUT2D eigenvalue weighted by atomic mass is 19.1. The molecule has 3 aliphatic rings. The van der Waals surface area contributed by atoms with E-state index in [0.29, 0.717) is 18.9 Å². The Hall–Kier alpha value is -2.41. The van der Waals surface area contributed by atoms with Crippen molar-refractivity contribution in [1.29, 1.82) is 0 Å². The second-order valence-electron chi connectivity index (χ2n) is 8.92. The molecule has 3 fully saturated rings. The highest BCUT2D eigenvalue weighted by Crippen LogP contribution is 2.33. The summed E-state index contributed by atoms with van der Waals surface area (Å²) in [7, 11) is 0. The molecule has 1 N–H and O–H groups in total. The number of aromatic amines is 1. The Kier molecular flexibility index (Phi) is 5.23. The van der Waals surface area contributed by atoms with Crippen LogP contribution in [0.2, 0.25) is 0 Å². The predicted molar refractivity (Wildman–Crippen MR) is 113 cm³/mol. The molecule has 1 aromatic carbocycles. The lowest BCUT2D eigenvalue weighted by Crippen LogP contribution is -2.55. The number of benzene rings is 1. The maximum absolute atomic E-state index is 13.7. The number of hydrogen-bond donors (Lipinski definition) is 1. The lowest BCUT2D eigenvalue weighted by atomic mass is 9.89. The van der Waals surface area contributed by atoms with Crippen LogP contribution in [-0.4, -0.2) is 70.4 Å². The number of hydrogen-bond acceptors (Lipinski definition) is 3. The minimum atomic E-state index is -0.192. The molecule has 7 heteroatoms. The van der Waals surface area contributed by atoms with Gasteiger partial charge in [0, 0.05) is 42.7 Å². The molecular weight excluding hydrogens is 383 g/mol. The van der Waals surface area contributed by atoms with Gasteiger partial charge in [0.25, 0.3) is 0 Å². The number of nitrogens with one attached hydrogen (secondary N) is 1. The fraction of sp³-hybridized carbons (Fsp3) is 0.565. The summed E-state index contributed by atoms with van der Waals surface area (Å²) in [6.07, 6.45) is 7.39. The summed E-state index contributed by atoms with van der Waals surface area (Å²) in [5, 5.41) is 0.996. The van der Waals surface area contributed by atoms with Crippen molar-refractivity contribution in [2.24, 2.45) is 0 Å². The molecule has 0 saturated carbocycles. The van der Waals surface area contributed by atoms with Gasteiger partial charge in [-0.15, -0.1) is 0 Å². The van der Waals surface area contributed by atoms with Crippen molar-refractivity contribution < 1.29 is 14.0 Å². The van der Waals surface area contributed by atoms with Gasteiger partial charge in [-0.05, 0) is 81.4 Å². The Morgan fingerprint density at radius 2 is 1.90 bits per heavy atom. The first-order valence-electron chi connectivity index (χ1n) is 11.2. The summed E-state index contributed by atoms with van der Waals surface area (Å²) in [4.78, 5) is 34.0. The Bertz CT molecular complexity index is 950. The van der Waals surface area contributed by atoms with Crippen molar-refractivity contribution in [1.82, 2.24) is 19.7 Å². The quantitative estimate of drug-likeness (QED) is 0.815. The molecule has 6 nitrogen and oxygen atoms in total. The number of H-pyrrole nitrogens is 1. The maximum Gasteiger partial charge on any atom is 0.326 e. The molecule has 0 radical (unpaired) electrons. The number of aromatic nitrogens is 1. The molecule has 5 rings (SSSR count). The number of fused-ring (bicyclic) bond motifs is 2. The molecule has 2 aromatic rings. The number of halogens is 1. The number of likely N-dealkylation sites (tertiary alicyclic amines) is 1. The Morgan fingerprint density at radius 3 is 2.73 bits per heavy atom. The van der Waals surface area contributed by atoms with E-state index in [4.69, 9.17) is 0 Å². The molecule has 1 aromatic heterocycles. The van der Waals surface area contributed by atoms with Gasteiger partial charge >= 0.3 is 6.03 Å². The molecule has 1 unspecified atom stereocenters. The first-order valence-corrected chi connectivity index (χ1v) is 11.2. The average Bonchev–Trinajstić information content (AvgIpc) is 3.37. The predicted octanol–water partition coefficient (Wildman–Crippen LogP) is 3.69. The summed E-state index contributed by atoms with van der Waals surface area (Å²) in [6.45, 7) is 4.18. The number of carbonyl (C=O) groups excluding carboxylic acids is 2. The van der Waals surface area contributed by atoms with Crippen LogP contribution in [0.15, 0.2) is 24.4 Å². The number of rotatable bonds is 5. The lowest BCUT2D eigenvalue weighted by Gasteiger charge is -2.37. The van der Waals surface area contributed by atoms with E-state index in [0.717, 1.165) is 69.2 Å². The zero-order valence-electron chi connectivity index (χ0n) is 17.3. The Labute approximate surface area is 176 Å². The van der Waals surface area contributed by atoms with Crippen molar-refractivity contribution in [3.8, 4) is 0 Å². The minimum Gasteiger partial charge on any atom is -0.361 e. The van der Waals surface area contributed by atoms with E-state index in [1.165, 1.54) is 16.5 Å². The van der Waals surface area contributed by atoms with E-state index < -0.39 is 0 Å².